The number of rotatable bonds is 1. The molecule has 1 aliphatic rings. The molecule has 66 valence electrons. The molecule has 0 bridgehead atoms. The van der Waals surface area contributed by atoms with Gasteiger partial charge >= 0.3 is 0 Å². The number of nitrogens with zero attached hydrogens (tertiary/aromatic N) is 3. The van der Waals surface area contributed by atoms with Crippen molar-refractivity contribution in [3.8, 4) is 0 Å². The average Bonchev–Trinajstić information content (AvgIpc) is 2.58. The van der Waals surface area contributed by atoms with Crippen molar-refractivity contribution in [2.45, 2.75) is 12.5 Å². The summed E-state index contributed by atoms with van der Waals surface area (Å²) in [6, 6.07) is 0.257. The molecule has 1 aromatic rings. The van der Waals surface area contributed by atoms with Crippen LogP contribution in [0.1, 0.15) is 6.42 Å². The largest absolute Gasteiger partial charge is 0.338 e. The molecule has 0 aliphatic carbocycles. The van der Waals surface area contributed by atoms with Gasteiger partial charge in [0.05, 0.1) is 0 Å². The van der Waals surface area contributed by atoms with Crippen molar-refractivity contribution in [1.29, 1.82) is 0 Å². The molecule has 1 aromatic heterocycles. The van der Waals surface area contributed by atoms with E-state index in [1.54, 1.807) is 0 Å². The first-order chi connectivity index (χ1) is 5.75. The number of aromatic nitrogens is 2. The number of nitrogens with two attached hydrogens (primary N) is 1. The molecule has 2 heterocycles. The standard InChI is InChI=1S/C6H9ClN4S/c7-5-9-6(10-12-5)11-2-1-4(8)3-11/h4H,1-3,8H2. The van der Waals surface area contributed by atoms with Crippen LogP contribution < -0.4 is 10.6 Å². The van der Waals surface area contributed by atoms with Gasteiger partial charge in [-0.3, -0.25) is 0 Å². The van der Waals surface area contributed by atoms with Gasteiger partial charge in [0.1, 0.15) is 0 Å². The summed E-state index contributed by atoms with van der Waals surface area (Å²) < 4.78 is 4.59. The first-order valence-corrected chi connectivity index (χ1v) is 4.90. The van der Waals surface area contributed by atoms with Crippen LogP contribution in [0.2, 0.25) is 4.47 Å². The fourth-order valence-electron chi connectivity index (χ4n) is 1.30. The zero-order valence-electron chi connectivity index (χ0n) is 6.40. The number of hydrogen-bond donors (Lipinski definition) is 1. The number of anilines is 1. The Morgan fingerprint density at radius 1 is 1.67 bits per heavy atom. The molecule has 0 saturated carbocycles. The first-order valence-electron chi connectivity index (χ1n) is 3.75. The SMILES string of the molecule is NC1CCN(c2nsc(Cl)n2)C1. The Kier molecular flexibility index (Phi) is 2.16. The van der Waals surface area contributed by atoms with Crippen molar-refractivity contribution in [2.24, 2.45) is 5.73 Å². The Morgan fingerprint density at radius 3 is 3.00 bits per heavy atom. The van der Waals surface area contributed by atoms with Crippen LogP contribution >= 0.6 is 23.1 Å². The highest BCUT2D eigenvalue weighted by atomic mass is 35.5. The van der Waals surface area contributed by atoms with Crippen LogP contribution in [0.15, 0.2) is 0 Å². The Bertz CT molecular complexity index is 276. The van der Waals surface area contributed by atoms with Gasteiger partial charge in [0.2, 0.25) is 10.4 Å². The van der Waals surface area contributed by atoms with E-state index in [1.165, 1.54) is 11.5 Å². The smallest absolute Gasteiger partial charge is 0.238 e. The maximum Gasteiger partial charge on any atom is 0.238 e. The molecule has 1 saturated heterocycles. The number of halogens is 1. The minimum absolute atomic E-state index is 0.257. The molecule has 1 aliphatic heterocycles. The van der Waals surface area contributed by atoms with Crippen LogP contribution in [0.4, 0.5) is 5.95 Å². The third-order valence-corrected chi connectivity index (χ3v) is 2.69. The van der Waals surface area contributed by atoms with Gasteiger partial charge in [-0.15, -0.1) is 0 Å². The number of hydrogen-bond acceptors (Lipinski definition) is 5. The Labute approximate surface area is 79.5 Å². The summed E-state index contributed by atoms with van der Waals surface area (Å²) in [5.74, 6) is 0.720. The van der Waals surface area contributed by atoms with Crippen molar-refractivity contribution in [3.63, 3.8) is 0 Å². The topological polar surface area (TPSA) is 55.0 Å². The summed E-state index contributed by atoms with van der Waals surface area (Å²) in [5.41, 5.74) is 5.74. The summed E-state index contributed by atoms with van der Waals surface area (Å²) in [7, 11) is 0. The molecular formula is C6H9ClN4S. The monoisotopic (exact) mass is 204 g/mol. The van der Waals surface area contributed by atoms with Gasteiger partial charge < -0.3 is 10.6 Å². The minimum atomic E-state index is 0.257. The lowest BCUT2D eigenvalue weighted by atomic mass is 10.3. The van der Waals surface area contributed by atoms with Crippen molar-refractivity contribution in [3.05, 3.63) is 4.47 Å². The van der Waals surface area contributed by atoms with E-state index >= 15 is 0 Å². The molecule has 1 atom stereocenters. The van der Waals surface area contributed by atoms with Gasteiger partial charge in [0.25, 0.3) is 0 Å². The Hall–Kier alpha value is -0.390. The van der Waals surface area contributed by atoms with E-state index in [9.17, 15) is 0 Å². The third-order valence-electron chi connectivity index (χ3n) is 1.90. The van der Waals surface area contributed by atoms with Crippen LogP contribution in [0.3, 0.4) is 0 Å². The molecular weight excluding hydrogens is 196 g/mol. The van der Waals surface area contributed by atoms with Crippen LogP contribution in [0.25, 0.3) is 0 Å². The zero-order valence-corrected chi connectivity index (χ0v) is 7.98. The molecule has 2 N–H and O–H groups in total. The van der Waals surface area contributed by atoms with E-state index in [-0.39, 0.29) is 6.04 Å². The third kappa shape index (κ3) is 1.53. The predicted molar refractivity (Wildman–Crippen MR) is 49.7 cm³/mol. The summed E-state index contributed by atoms with van der Waals surface area (Å²) in [6.07, 6.45) is 1.01. The van der Waals surface area contributed by atoms with Crippen molar-refractivity contribution in [1.82, 2.24) is 9.36 Å². The van der Waals surface area contributed by atoms with E-state index in [4.69, 9.17) is 17.3 Å². The van der Waals surface area contributed by atoms with E-state index in [0.29, 0.717) is 4.47 Å². The van der Waals surface area contributed by atoms with Gasteiger partial charge in [-0.05, 0) is 18.0 Å². The van der Waals surface area contributed by atoms with Crippen molar-refractivity contribution in [2.75, 3.05) is 18.0 Å². The second-order valence-corrected chi connectivity index (χ2v) is 4.18. The minimum Gasteiger partial charge on any atom is -0.338 e. The second kappa shape index (κ2) is 3.16. The fourth-order valence-corrected chi connectivity index (χ4v) is 1.91. The second-order valence-electron chi connectivity index (χ2n) is 2.84. The molecule has 0 aromatic carbocycles. The highest BCUT2D eigenvalue weighted by molar-refractivity contribution is 7.10. The maximum atomic E-state index is 5.74. The molecule has 12 heavy (non-hydrogen) atoms. The van der Waals surface area contributed by atoms with E-state index in [0.717, 1.165) is 25.5 Å². The zero-order chi connectivity index (χ0) is 8.55. The Morgan fingerprint density at radius 2 is 2.50 bits per heavy atom. The molecule has 1 fully saturated rings. The summed E-state index contributed by atoms with van der Waals surface area (Å²) in [6.45, 7) is 1.78. The normalized spacial score (nSPS) is 23.5. The average molecular weight is 205 g/mol. The van der Waals surface area contributed by atoms with Gasteiger partial charge in [0, 0.05) is 30.7 Å². The highest BCUT2D eigenvalue weighted by Gasteiger charge is 2.21. The lowest BCUT2D eigenvalue weighted by Gasteiger charge is -2.11. The molecule has 0 radical (unpaired) electrons. The van der Waals surface area contributed by atoms with E-state index in [2.05, 4.69) is 14.3 Å². The summed E-state index contributed by atoms with van der Waals surface area (Å²) >= 11 is 6.88. The molecule has 6 heteroatoms. The van der Waals surface area contributed by atoms with Crippen molar-refractivity contribution >= 4 is 29.1 Å². The summed E-state index contributed by atoms with van der Waals surface area (Å²) in [5, 5.41) is 0. The van der Waals surface area contributed by atoms with Crippen LogP contribution in [0, 0.1) is 0 Å². The summed E-state index contributed by atoms with van der Waals surface area (Å²) in [4.78, 5) is 6.13. The molecule has 4 nitrogen and oxygen atoms in total. The lowest BCUT2D eigenvalue weighted by Crippen LogP contribution is -2.26. The van der Waals surface area contributed by atoms with Gasteiger partial charge in [-0.2, -0.15) is 9.36 Å². The van der Waals surface area contributed by atoms with E-state index < -0.39 is 0 Å². The lowest BCUT2D eigenvalue weighted by molar-refractivity contribution is 0.751. The quantitative estimate of drug-likeness (QED) is 0.733. The molecule has 0 spiro atoms. The van der Waals surface area contributed by atoms with Crippen molar-refractivity contribution < 1.29 is 0 Å². The molecule has 0 amide bonds. The van der Waals surface area contributed by atoms with Crippen LogP contribution in [-0.2, 0) is 0 Å². The molecule has 1 unspecified atom stereocenters. The van der Waals surface area contributed by atoms with Gasteiger partial charge in [0.15, 0.2) is 0 Å². The van der Waals surface area contributed by atoms with E-state index in [1.807, 2.05) is 0 Å². The fraction of sp³-hybridized carbons (Fsp3) is 0.667. The first kappa shape index (κ1) is 8.22. The Balaban J connectivity index is 2.11. The maximum absolute atomic E-state index is 5.74. The van der Waals surface area contributed by atoms with Crippen LogP contribution in [-0.4, -0.2) is 28.5 Å². The van der Waals surface area contributed by atoms with Crippen LogP contribution in [0.5, 0.6) is 0 Å². The predicted octanol–water partition coefficient (Wildman–Crippen LogP) is 0.729. The van der Waals surface area contributed by atoms with Gasteiger partial charge in [-0.1, -0.05) is 0 Å². The highest BCUT2D eigenvalue weighted by Crippen LogP contribution is 2.20. The van der Waals surface area contributed by atoms with Gasteiger partial charge in [-0.25, -0.2) is 0 Å². The molecule has 2 rings (SSSR count).